The number of hydrogen-bond acceptors (Lipinski definition) is 6. The van der Waals surface area contributed by atoms with E-state index in [4.69, 9.17) is 9.72 Å². The maximum Gasteiger partial charge on any atom is 0.272 e. The molecule has 0 saturated heterocycles. The molecule has 0 aliphatic carbocycles. The Morgan fingerprint density at radius 1 is 1.26 bits per heavy atom. The highest BCUT2D eigenvalue weighted by atomic mass is 32.2. The zero-order valence-electron chi connectivity index (χ0n) is 15.1. The van der Waals surface area contributed by atoms with Gasteiger partial charge in [-0.15, -0.1) is 11.8 Å². The van der Waals surface area contributed by atoms with Crippen LogP contribution in [0.3, 0.4) is 0 Å². The molecule has 3 aromatic rings. The fraction of sp³-hybridized carbons (Fsp3) is 0.250. The molecule has 0 bridgehead atoms. The van der Waals surface area contributed by atoms with Crippen LogP contribution in [0.1, 0.15) is 18.3 Å². The lowest BCUT2D eigenvalue weighted by atomic mass is 10.2. The van der Waals surface area contributed by atoms with Crippen molar-refractivity contribution in [3.8, 4) is 11.4 Å². The maximum atomic E-state index is 13.2. The molecular formula is C20H19N3O2S2. The van der Waals surface area contributed by atoms with E-state index in [1.54, 1.807) is 29.6 Å². The van der Waals surface area contributed by atoms with Crippen LogP contribution in [-0.2, 0) is 12.2 Å². The first-order valence-corrected chi connectivity index (χ1v) is 10.5. The van der Waals surface area contributed by atoms with Gasteiger partial charge in [-0.25, -0.2) is 4.98 Å². The van der Waals surface area contributed by atoms with Gasteiger partial charge in [0, 0.05) is 23.6 Å². The second-order valence-electron chi connectivity index (χ2n) is 6.25. The molecule has 1 unspecified atom stereocenters. The molecule has 1 aliphatic rings. The second-order valence-corrected chi connectivity index (χ2v) is 8.64. The van der Waals surface area contributed by atoms with Crippen molar-refractivity contribution in [1.82, 2.24) is 14.5 Å². The van der Waals surface area contributed by atoms with Crippen molar-refractivity contribution in [3.05, 3.63) is 70.4 Å². The van der Waals surface area contributed by atoms with E-state index in [0.29, 0.717) is 16.2 Å². The number of nitrogens with zero attached hydrogens (tertiary/aromatic N) is 3. The van der Waals surface area contributed by atoms with E-state index in [2.05, 4.69) is 11.9 Å². The molecule has 1 aliphatic heterocycles. The van der Waals surface area contributed by atoms with E-state index in [1.165, 1.54) is 11.8 Å². The first kappa shape index (κ1) is 18.1. The van der Waals surface area contributed by atoms with Crippen molar-refractivity contribution < 1.29 is 4.74 Å². The lowest BCUT2D eigenvalue weighted by Gasteiger charge is -2.14. The molecule has 0 radical (unpaired) electrons. The predicted octanol–water partition coefficient (Wildman–Crippen LogP) is 3.97. The number of thioether (sulfide) groups is 2. The Morgan fingerprint density at radius 3 is 2.78 bits per heavy atom. The molecule has 0 amide bonds. The fourth-order valence-electron chi connectivity index (χ4n) is 2.98. The molecule has 138 valence electrons. The molecule has 0 saturated carbocycles. The summed E-state index contributed by atoms with van der Waals surface area (Å²) in [6.07, 6.45) is 2.61. The molecule has 1 aromatic carbocycles. The molecular weight excluding hydrogens is 378 g/mol. The third-order valence-corrected chi connectivity index (χ3v) is 6.47. The van der Waals surface area contributed by atoms with Gasteiger partial charge in [-0.05, 0) is 36.4 Å². The summed E-state index contributed by atoms with van der Waals surface area (Å²) < 4.78 is 6.94. The van der Waals surface area contributed by atoms with Crippen LogP contribution in [0.15, 0.2) is 63.5 Å². The van der Waals surface area contributed by atoms with Gasteiger partial charge in [0.2, 0.25) is 0 Å². The molecule has 1 atom stereocenters. The monoisotopic (exact) mass is 397 g/mol. The highest BCUT2D eigenvalue weighted by Gasteiger charge is 2.26. The summed E-state index contributed by atoms with van der Waals surface area (Å²) in [6, 6.07) is 13.3. The summed E-state index contributed by atoms with van der Waals surface area (Å²) in [5, 5.41) is 1.07. The largest absolute Gasteiger partial charge is 0.497 e. The Labute approximate surface area is 166 Å². The van der Waals surface area contributed by atoms with Crippen LogP contribution in [0, 0.1) is 0 Å². The van der Waals surface area contributed by atoms with E-state index in [1.807, 2.05) is 42.5 Å². The number of hydrogen-bond donors (Lipinski definition) is 0. The minimum absolute atomic E-state index is 0.00281. The Kier molecular flexibility index (Phi) is 5.22. The van der Waals surface area contributed by atoms with Gasteiger partial charge in [0.1, 0.15) is 5.75 Å². The number of aromatic nitrogens is 3. The van der Waals surface area contributed by atoms with E-state index in [9.17, 15) is 4.79 Å². The van der Waals surface area contributed by atoms with Gasteiger partial charge in [0.15, 0.2) is 5.16 Å². The summed E-state index contributed by atoms with van der Waals surface area (Å²) in [6.45, 7) is 2.13. The van der Waals surface area contributed by atoms with Gasteiger partial charge in [0.05, 0.1) is 29.1 Å². The quantitative estimate of drug-likeness (QED) is 0.480. The smallest absolute Gasteiger partial charge is 0.272 e. The SMILES string of the molecule is COc1ccc(-n2c(SCc3ccccn3)nc3c(c2=O)SC(C)C3)cc1. The predicted molar refractivity (Wildman–Crippen MR) is 109 cm³/mol. The lowest BCUT2D eigenvalue weighted by molar-refractivity contribution is 0.414. The number of methoxy groups -OCH3 is 1. The van der Waals surface area contributed by atoms with Crippen molar-refractivity contribution in [2.24, 2.45) is 0 Å². The van der Waals surface area contributed by atoms with Gasteiger partial charge in [0.25, 0.3) is 5.56 Å². The van der Waals surface area contributed by atoms with Crippen molar-refractivity contribution in [2.45, 2.75) is 34.4 Å². The topological polar surface area (TPSA) is 57.0 Å². The number of pyridine rings is 1. The fourth-order valence-corrected chi connectivity index (χ4v) is 5.02. The Bertz CT molecular complexity index is 1000. The lowest BCUT2D eigenvalue weighted by Crippen LogP contribution is -2.23. The first-order chi connectivity index (χ1) is 13.2. The van der Waals surface area contributed by atoms with Gasteiger partial charge in [-0.3, -0.25) is 14.3 Å². The molecule has 4 rings (SSSR count). The van der Waals surface area contributed by atoms with E-state index in [0.717, 1.165) is 34.1 Å². The maximum absolute atomic E-state index is 13.2. The number of rotatable bonds is 5. The summed E-state index contributed by atoms with van der Waals surface area (Å²) in [4.78, 5) is 23.2. The summed E-state index contributed by atoms with van der Waals surface area (Å²) in [5.74, 6) is 1.41. The van der Waals surface area contributed by atoms with Crippen molar-refractivity contribution in [3.63, 3.8) is 0 Å². The first-order valence-electron chi connectivity index (χ1n) is 8.65. The molecule has 5 nitrogen and oxygen atoms in total. The molecule has 27 heavy (non-hydrogen) atoms. The average Bonchev–Trinajstić information content (AvgIpc) is 3.08. The molecule has 3 heterocycles. The number of ether oxygens (including phenoxy) is 1. The average molecular weight is 398 g/mol. The third kappa shape index (κ3) is 3.75. The van der Waals surface area contributed by atoms with Crippen LogP contribution >= 0.6 is 23.5 Å². The zero-order valence-corrected chi connectivity index (χ0v) is 16.7. The van der Waals surface area contributed by atoms with Gasteiger partial charge in [-0.1, -0.05) is 24.8 Å². The zero-order chi connectivity index (χ0) is 18.8. The standard InChI is InChI=1S/C20H19N3O2S2/c1-13-11-17-18(27-13)19(24)23(15-6-8-16(25-2)9-7-15)20(22-17)26-12-14-5-3-4-10-21-14/h3-10,13H,11-12H2,1-2H3. The minimum atomic E-state index is 0.00281. The van der Waals surface area contributed by atoms with Crippen LogP contribution in [-0.4, -0.2) is 26.9 Å². The van der Waals surface area contributed by atoms with E-state index in [-0.39, 0.29) is 5.56 Å². The van der Waals surface area contributed by atoms with Crippen LogP contribution in [0.2, 0.25) is 0 Å². The van der Waals surface area contributed by atoms with Crippen molar-refractivity contribution >= 4 is 23.5 Å². The van der Waals surface area contributed by atoms with Gasteiger partial charge < -0.3 is 4.74 Å². The van der Waals surface area contributed by atoms with Gasteiger partial charge >= 0.3 is 0 Å². The van der Waals surface area contributed by atoms with E-state index < -0.39 is 0 Å². The molecule has 0 fully saturated rings. The molecule has 7 heteroatoms. The third-order valence-electron chi connectivity index (χ3n) is 4.29. The van der Waals surface area contributed by atoms with E-state index >= 15 is 0 Å². The highest BCUT2D eigenvalue weighted by molar-refractivity contribution is 8.00. The summed E-state index contributed by atoms with van der Waals surface area (Å²) in [5.41, 5.74) is 2.66. The second kappa shape index (κ2) is 7.78. The Morgan fingerprint density at radius 2 is 2.07 bits per heavy atom. The molecule has 0 spiro atoms. The Balaban J connectivity index is 1.77. The van der Waals surface area contributed by atoms with Crippen LogP contribution in [0.4, 0.5) is 0 Å². The van der Waals surface area contributed by atoms with Crippen molar-refractivity contribution in [2.75, 3.05) is 7.11 Å². The highest BCUT2D eigenvalue weighted by Crippen LogP contribution is 2.35. The summed E-state index contributed by atoms with van der Waals surface area (Å²) >= 11 is 3.15. The van der Waals surface area contributed by atoms with Crippen molar-refractivity contribution in [1.29, 1.82) is 0 Å². The molecule has 2 aromatic heterocycles. The summed E-state index contributed by atoms with van der Waals surface area (Å²) in [7, 11) is 1.63. The van der Waals surface area contributed by atoms with Crippen LogP contribution in [0.25, 0.3) is 5.69 Å². The minimum Gasteiger partial charge on any atom is -0.497 e. The van der Waals surface area contributed by atoms with Gasteiger partial charge in [-0.2, -0.15) is 0 Å². The molecule has 0 N–H and O–H groups in total. The number of fused-ring (bicyclic) bond motifs is 1. The Hall–Kier alpha value is -2.25. The normalized spacial score (nSPS) is 15.6. The van der Waals surface area contributed by atoms with Crippen LogP contribution < -0.4 is 10.3 Å². The number of benzene rings is 1. The van der Waals surface area contributed by atoms with Crippen LogP contribution in [0.5, 0.6) is 5.75 Å².